The minimum atomic E-state index is -0.669. The van der Waals surface area contributed by atoms with Crippen LogP contribution in [-0.4, -0.2) is 34.8 Å². The van der Waals surface area contributed by atoms with E-state index in [2.05, 4.69) is 10.3 Å². The van der Waals surface area contributed by atoms with Gasteiger partial charge < -0.3 is 15.3 Å². The van der Waals surface area contributed by atoms with Gasteiger partial charge in [0.1, 0.15) is 12.0 Å². The average molecular weight is 383 g/mol. The van der Waals surface area contributed by atoms with Crippen LogP contribution in [0.15, 0.2) is 42.6 Å². The molecule has 148 valence electrons. The van der Waals surface area contributed by atoms with E-state index in [0.717, 1.165) is 37.8 Å². The van der Waals surface area contributed by atoms with Gasteiger partial charge >= 0.3 is 0 Å². The monoisotopic (exact) mass is 383 g/mol. The Hall–Kier alpha value is -2.47. The first-order chi connectivity index (χ1) is 13.5. The Morgan fingerprint density at radius 3 is 2.96 bits per heavy atom. The van der Waals surface area contributed by atoms with Crippen molar-refractivity contribution in [3.8, 4) is 0 Å². The molecular weight excluding hydrogens is 357 g/mol. The maximum Gasteiger partial charge on any atom is 0.251 e. The zero-order chi connectivity index (χ0) is 19.7. The molecule has 2 aromatic rings. The van der Waals surface area contributed by atoms with Gasteiger partial charge in [0.25, 0.3) is 5.91 Å². The second kappa shape index (κ2) is 7.51. The number of aryl methyl sites for hydroxylation is 1. The summed E-state index contributed by atoms with van der Waals surface area (Å²) in [4.78, 5) is 18.6. The van der Waals surface area contributed by atoms with E-state index in [0.29, 0.717) is 17.8 Å². The lowest BCUT2D eigenvalue weighted by molar-refractivity contribution is 0.0142. The highest BCUT2D eigenvalue weighted by Crippen LogP contribution is 2.48. The van der Waals surface area contributed by atoms with Crippen molar-refractivity contribution < 1.29 is 14.3 Å². The largest absolute Gasteiger partial charge is 0.373 e. The van der Waals surface area contributed by atoms with Crippen molar-refractivity contribution in [2.24, 2.45) is 5.41 Å². The Bertz CT molecular complexity index is 874. The van der Waals surface area contributed by atoms with Crippen molar-refractivity contribution >= 4 is 11.6 Å². The van der Waals surface area contributed by atoms with Gasteiger partial charge in [0.2, 0.25) is 0 Å². The minimum absolute atomic E-state index is 0.0248. The molecule has 4 rings (SSSR count). The topological polar surface area (TPSA) is 65.5 Å². The number of hydrogen-bond acceptors (Lipinski definition) is 4. The SMILES string of the molecule is Cc1cc(C(=O)N[C@@H]2CCC[C@@]3(CCN(c4cccc(F)c4)C3O)C2)ccn1. The van der Waals surface area contributed by atoms with Crippen LogP contribution in [0.3, 0.4) is 0 Å². The number of pyridine rings is 1. The molecule has 1 unspecified atom stereocenters. The molecule has 2 aliphatic rings. The molecule has 1 saturated heterocycles. The van der Waals surface area contributed by atoms with Crippen molar-refractivity contribution in [1.82, 2.24) is 10.3 Å². The van der Waals surface area contributed by atoms with E-state index in [1.807, 2.05) is 17.9 Å². The third-order valence-electron chi connectivity index (χ3n) is 6.21. The molecule has 2 fully saturated rings. The Morgan fingerprint density at radius 1 is 1.32 bits per heavy atom. The summed E-state index contributed by atoms with van der Waals surface area (Å²) in [7, 11) is 0. The fourth-order valence-electron chi connectivity index (χ4n) is 4.79. The number of nitrogens with zero attached hydrogens (tertiary/aromatic N) is 2. The number of anilines is 1. The molecule has 1 spiro atoms. The van der Waals surface area contributed by atoms with Gasteiger partial charge in [0, 0.05) is 41.1 Å². The van der Waals surface area contributed by atoms with E-state index in [-0.39, 0.29) is 23.2 Å². The number of rotatable bonds is 3. The smallest absolute Gasteiger partial charge is 0.251 e. The first-order valence-electron chi connectivity index (χ1n) is 9.91. The second-order valence-corrected chi connectivity index (χ2v) is 8.11. The highest BCUT2D eigenvalue weighted by Gasteiger charge is 2.49. The molecule has 0 bridgehead atoms. The van der Waals surface area contributed by atoms with E-state index in [9.17, 15) is 14.3 Å². The minimum Gasteiger partial charge on any atom is -0.373 e. The van der Waals surface area contributed by atoms with Crippen molar-refractivity contribution in [2.45, 2.75) is 51.3 Å². The Balaban J connectivity index is 1.46. The summed E-state index contributed by atoms with van der Waals surface area (Å²) in [5.41, 5.74) is 1.87. The van der Waals surface area contributed by atoms with Crippen molar-refractivity contribution in [2.75, 3.05) is 11.4 Å². The molecule has 1 aliphatic carbocycles. The molecule has 28 heavy (non-hydrogen) atoms. The van der Waals surface area contributed by atoms with Gasteiger partial charge in [0.15, 0.2) is 0 Å². The average Bonchev–Trinajstić information content (AvgIpc) is 2.97. The highest BCUT2D eigenvalue weighted by atomic mass is 19.1. The van der Waals surface area contributed by atoms with Gasteiger partial charge in [-0.05, 0) is 62.9 Å². The number of aliphatic hydroxyl groups excluding tert-OH is 1. The van der Waals surface area contributed by atoms with Crippen LogP contribution in [0.25, 0.3) is 0 Å². The molecule has 1 aromatic heterocycles. The lowest BCUT2D eigenvalue weighted by Gasteiger charge is -2.41. The zero-order valence-corrected chi connectivity index (χ0v) is 16.1. The summed E-state index contributed by atoms with van der Waals surface area (Å²) < 4.78 is 13.6. The number of carbonyl (C=O) groups excluding carboxylic acids is 1. The number of aromatic nitrogens is 1. The van der Waals surface area contributed by atoms with Gasteiger partial charge in [-0.25, -0.2) is 4.39 Å². The van der Waals surface area contributed by atoms with Gasteiger partial charge in [-0.15, -0.1) is 0 Å². The van der Waals surface area contributed by atoms with E-state index < -0.39 is 6.23 Å². The summed E-state index contributed by atoms with van der Waals surface area (Å²) >= 11 is 0. The van der Waals surface area contributed by atoms with Gasteiger partial charge in [-0.3, -0.25) is 9.78 Å². The first-order valence-corrected chi connectivity index (χ1v) is 9.91. The number of benzene rings is 1. The van der Waals surface area contributed by atoms with Crippen LogP contribution in [0.4, 0.5) is 10.1 Å². The first kappa shape index (κ1) is 18.9. The molecule has 5 nitrogen and oxygen atoms in total. The molecule has 2 heterocycles. The van der Waals surface area contributed by atoms with Crippen molar-refractivity contribution in [3.05, 3.63) is 59.7 Å². The van der Waals surface area contributed by atoms with Crippen LogP contribution >= 0.6 is 0 Å². The molecule has 6 heteroatoms. The predicted octanol–water partition coefficient (Wildman–Crippen LogP) is 3.42. The Labute approximate surface area is 164 Å². The summed E-state index contributed by atoms with van der Waals surface area (Å²) in [6.07, 6.45) is 5.32. The van der Waals surface area contributed by atoms with Gasteiger partial charge in [-0.2, -0.15) is 0 Å². The van der Waals surface area contributed by atoms with Crippen LogP contribution < -0.4 is 10.2 Å². The number of carbonyl (C=O) groups is 1. The highest BCUT2D eigenvalue weighted by molar-refractivity contribution is 5.94. The van der Waals surface area contributed by atoms with Crippen LogP contribution in [0.5, 0.6) is 0 Å². The van der Waals surface area contributed by atoms with Gasteiger partial charge in [0.05, 0.1) is 0 Å². The lowest BCUT2D eigenvalue weighted by Crippen LogP contribution is -2.48. The molecule has 1 amide bonds. The van der Waals surface area contributed by atoms with Gasteiger partial charge in [-0.1, -0.05) is 12.5 Å². The fraction of sp³-hybridized carbons (Fsp3) is 0.455. The predicted molar refractivity (Wildman–Crippen MR) is 105 cm³/mol. The fourth-order valence-corrected chi connectivity index (χ4v) is 4.79. The van der Waals surface area contributed by atoms with Crippen LogP contribution in [0, 0.1) is 18.2 Å². The molecule has 1 saturated carbocycles. The number of nitrogens with one attached hydrogen (secondary N) is 1. The van der Waals surface area contributed by atoms with Crippen LogP contribution in [-0.2, 0) is 0 Å². The van der Waals surface area contributed by atoms with E-state index in [1.54, 1.807) is 24.4 Å². The van der Waals surface area contributed by atoms with E-state index >= 15 is 0 Å². The summed E-state index contributed by atoms with van der Waals surface area (Å²) in [6, 6.07) is 9.91. The standard InChI is InChI=1S/C22H26FN3O2/c1-15-12-16(7-10-24-15)20(27)25-18-5-3-8-22(14-18)9-11-26(21(22)28)19-6-2-4-17(23)13-19/h2,4,6-7,10,12-13,18,21,28H,3,5,8-9,11,14H2,1H3,(H,25,27)/t18-,21?,22-/m1/s1. The number of hydrogen-bond donors (Lipinski definition) is 2. The molecular formula is C22H26FN3O2. The normalized spacial score (nSPS) is 27.2. The molecule has 3 atom stereocenters. The Kier molecular flexibility index (Phi) is 5.06. The number of aliphatic hydroxyl groups is 1. The molecule has 0 radical (unpaired) electrons. The zero-order valence-electron chi connectivity index (χ0n) is 16.1. The molecule has 1 aliphatic heterocycles. The maximum absolute atomic E-state index is 13.6. The van der Waals surface area contributed by atoms with Crippen LogP contribution in [0.2, 0.25) is 0 Å². The number of amides is 1. The van der Waals surface area contributed by atoms with Crippen LogP contribution in [0.1, 0.15) is 48.2 Å². The summed E-state index contributed by atoms with van der Waals surface area (Å²) in [6.45, 7) is 2.55. The van der Waals surface area contributed by atoms with E-state index in [4.69, 9.17) is 0 Å². The summed E-state index contributed by atoms with van der Waals surface area (Å²) in [5, 5.41) is 14.2. The number of halogens is 1. The Morgan fingerprint density at radius 2 is 2.18 bits per heavy atom. The summed E-state index contributed by atoms with van der Waals surface area (Å²) in [5.74, 6) is -0.394. The maximum atomic E-state index is 13.6. The lowest BCUT2D eigenvalue weighted by atomic mass is 9.70. The molecule has 1 aromatic carbocycles. The third kappa shape index (κ3) is 3.61. The quantitative estimate of drug-likeness (QED) is 0.852. The second-order valence-electron chi connectivity index (χ2n) is 8.11. The molecule has 2 N–H and O–H groups in total. The van der Waals surface area contributed by atoms with E-state index in [1.165, 1.54) is 12.1 Å². The van der Waals surface area contributed by atoms with Crippen molar-refractivity contribution in [3.63, 3.8) is 0 Å². The van der Waals surface area contributed by atoms with Crippen molar-refractivity contribution in [1.29, 1.82) is 0 Å². The third-order valence-corrected chi connectivity index (χ3v) is 6.21.